The molecule has 138 valence electrons. The minimum atomic E-state index is -0.902. The van der Waals surface area contributed by atoms with Gasteiger partial charge in [0.2, 0.25) is 6.10 Å². The third kappa shape index (κ3) is 4.60. The van der Waals surface area contributed by atoms with E-state index < -0.39 is 22.8 Å². The number of hydrogen-bond acceptors (Lipinski definition) is 6. The number of carbonyl (C=O) groups is 2. The van der Waals surface area contributed by atoms with Gasteiger partial charge in [0, 0.05) is 18.2 Å². The summed E-state index contributed by atoms with van der Waals surface area (Å²) in [5.41, 5.74) is 4.86. The normalized spacial score (nSPS) is 15.2. The average Bonchev–Trinajstić information content (AvgIpc) is 2.70. The van der Waals surface area contributed by atoms with Gasteiger partial charge in [-0.2, -0.15) is 0 Å². The Kier molecular flexibility index (Phi) is 5.31. The van der Waals surface area contributed by atoms with Crippen LogP contribution < -0.4 is 20.3 Å². The smallest absolute Gasteiger partial charge is 0.283 e. The molecule has 0 bridgehead atoms. The summed E-state index contributed by atoms with van der Waals surface area (Å²) < 4.78 is 11.0. The summed E-state index contributed by atoms with van der Waals surface area (Å²) in [5.74, 6) is -0.181. The number of carbonyl (C=O) groups excluding carboxylic acids is 2. The number of nitrogens with zero attached hydrogens (tertiary/aromatic N) is 1. The van der Waals surface area contributed by atoms with Gasteiger partial charge in [-0.15, -0.1) is 0 Å². The molecule has 0 radical (unpaired) electrons. The van der Waals surface area contributed by atoms with Crippen LogP contribution in [0.25, 0.3) is 6.08 Å². The van der Waals surface area contributed by atoms with Gasteiger partial charge in [0.1, 0.15) is 6.61 Å². The monoisotopic (exact) mass is 369 g/mol. The van der Waals surface area contributed by atoms with Crippen LogP contribution in [0.5, 0.6) is 11.5 Å². The molecule has 0 aromatic heterocycles. The number of ether oxygens (including phenoxy) is 2. The van der Waals surface area contributed by atoms with E-state index in [1.165, 1.54) is 24.3 Å². The zero-order valence-corrected chi connectivity index (χ0v) is 14.0. The van der Waals surface area contributed by atoms with E-state index in [1.807, 2.05) is 0 Å². The molecule has 2 aromatic carbocycles. The summed E-state index contributed by atoms with van der Waals surface area (Å²) >= 11 is 0. The van der Waals surface area contributed by atoms with E-state index in [4.69, 9.17) is 9.47 Å². The van der Waals surface area contributed by atoms with E-state index in [9.17, 15) is 19.7 Å². The molecule has 1 aliphatic heterocycles. The van der Waals surface area contributed by atoms with Gasteiger partial charge in [-0.1, -0.05) is 24.3 Å². The maximum Gasteiger partial charge on any atom is 0.283 e. The lowest BCUT2D eigenvalue weighted by molar-refractivity contribution is -0.384. The number of para-hydroxylation sites is 2. The summed E-state index contributed by atoms with van der Waals surface area (Å²) in [6, 6.07) is 12.7. The number of amides is 2. The molecular weight excluding hydrogens is 354 g/mol. The quantitative estimate of drug-likeness (QED) is 0.480. The molecule has 9 nitrogen and oxygen atoms in total. The van der Waals surface area contributed by atoms with Crippen LogP contribution in [0.1, 0.15) is 5.56 Å². The number of rotatable bonds is 4. The third-order valence-electron chi connectivity index (χ3n) is 3.62. The second kappa shape index (κ2) is 8.00. The first-order valence-electron chi connectivity index (χ1n) is 7.94. The highest BCUT2D eigenvalue weighted by atomic mass is 16.6. The van der Waals surface area contributed by atoms with Gasteiger partial charge in [-0.05, 0) is 23.8 Å². The molecule has 2 N–H and O–H groups in total. The Morgan fingerprint density at radius 3 is 2.67 bits per heavy atom. The molecule has 1 aliphatic rings. The number of nitro benzene ring substituents is 1. The van der Waals surface area contributed by atoms with Crippen molar-refractivity contribution >= 4 is 23.6 Å². The number of nitro groups is 1. The van der Waals surface area contributed by atoms with Crippen molar-refractivity contribution in [3.8, 4) is 11.5 Å². The van der Waals surface area contributed by atoms with Crippen LogP contribution in [0.15, 0.2) is 54.6 Å². The van der Waals surface area contributed by atoms with Crippen molar-refractivity contribution in [2.45, 2.75) is 6.10 Å². The summed E-state index contributed by atoms with van der Waals surface area (Å²) in [6.45, 7) is 0.0161. The first kappa shape index (κ1) is 17.9. The Bertz CT molecular complexity index is 911. The van der Waals surface area contributed by atoms with E-state index in [0.29, 0.717) is 17.1 Å². The lowest BCUT2D eigenvalue weighted by atomic mass is 10.2. The largest absolute Gasteiger partial charge is 0.485 e. The maximum atomic E-state index is 12.1. The first-order chi connectivity index (χ1) is 13.0. The predicted molar refractivity (Wildman–Crippen MR) is 94.8 cm³/mol. The van der Waals surface area contributed by atoms with Gasteiger partial charge < -0.3 is 9.47 Å². The molecular formula is C18H15N3O6. The fourth-order valence-electron chi connectivity index (χ4n) is 2.31. The van der Waals surface area contributed by atoms with Gasteiger partial charge in [0.25, 0.3) is 17.5 Å². The summed E-state index contributed by atoms with van der Waals surface area (Å²) in [6.07, 6.45) is 1.64. The van der Waals surface area contributed by atoms with E-state index >= 15 is 0 Å². The fourth-order valence-corrected chi connectivity index (χ4v) is 2.31. The highest BCUT2D eigenvalue weighted by molar-refractivity contribution is 5.93. The topological polar surface area (TPSA) is 120 Å². The molecule has 2 aromatic rings. The van der Waals surface area contributed by atoms with Crippen molar-refractivity contribution < 1.29 is 24.0 Å². The summed E-state index contributed by atoms with van der Waals surface area (Å²) in [7, 11) is 0. The average molecular weight is 369 g/mol. The molecule has 0 saturated heterocycles. The fraction of sp³-hybridized carbons (Fsp3) is 0.111. The number of non-ortho nitro benzene ring substituents is 1. The maximum absolute atomic E-state index is 12.1. The van der Waals surface area contributed by atoms with E-state index in [2.05, 4.69) is 10.9 Å². The van der Waals surface area contributed by atoms with Gasteiger partial charge in [-0.25, -0.2) is 0 Å². The first-order valence-corrected chi connectivity index (χ1v) is 7.94. The summed E-state index contributed by atoms with van der Waals surface area (Å²) in [4.78, 5) is 34.1. The van der Waals surface area contributed by atoms with Crippen LogP contribution >= 0.6 is 0 Å². The van der Waals surface area contributed by atoms with Crippen LogP contribution in [0, 0.1) is 10.1 Å². The highest BCUT2D eigenvalue weighted by Crippen LogP contribution is 2.30. The number of benzene rings is 2. The van der Waals surface area contributed by atoms with Crippen molar-refractivity contribution in [2.75, 3.05) is 6.61 Å². The molecule has 9 heteroatoms. The molecule has 3 rings (SSSR count). The van der Waals surface area contributed by atoms with Crippen LogP contribution in [0.2, 0.25) is 0 Å². The zero-order valence-electron chi connectivity index (χ0n) is 14.0. The number of hydrogen-bond donors (Lipinski definition) is 2. The molecule has 0 spiro atoms. The number of hydrazine groups is 1. The Morgan fingerprint density at radius 1 is 1.11 bits per heavy atom. The zero-order chi connectivity index (χ0) is 19.2. The summed E-state index contributed by atoms with van der Waals surface area (Å²) in [5, 5.41) is 10.7. The van der Waals surface area contributed by atoms with Crippen molar-refractivity contribution in [3.63, 3.8) is 0 Å². The van der Waals surface area contributed by atoms with Gasteiger partial charge in [0.05, 0.1) is 4.92 Å². The van der Waals surface area contributed by atoms with E-state index in [0.717, 1.165) is 6.08 Å². The van der Waals surface area contributed by atoms with Crippen molar-refractivity contribution in [1.29, 1.82) is 0 Å². The third-order valence-corrected chi connectivity index (χ3v) is 3.62. The Labute approximate surface area is 153 Å². The lowest BCUT2D eigenvalue weighted by Gasteiger charge is -2.25. The van der Waals surface area contributed by atoms with Crippen molar-refractivity contribution in [1.82, 2.24) is 10.9 Å². The molecule has 2 amide bonds. The predicted octanol–water partition coefficient (Wildman–Crippen LogP) is 1.60. The SMILES string of the molecule is O=C(/C=C/c1cccc([N+](=O)[O-])c1)NNC(=O)[C@H]1COc2ccccc2O1. The molecule has 0 fully saturated rings. The second-order valence-corrected chi connectivity index (χ2v) is 5.53. The number of fused-ring (bicyclic) bond motifs is 1. The minimum absolute atomic E-state index is 0.0161. The molecule has 1 heterocycles. The lowest BCUT2D eigenvalue weighted by Crippen LogP contribution is -2.50. The van der Waals surface area contributed by atoms with Crippen molar-refractivity contribution in [2.24, 2.45) is 0 Å². The Morgan fingerprint density at radius 2 is 1.89 bits per heavy atom. The van der Waals surface area contributed by atoms with Crippen LogP contribution in [0.3, 0.4) is 0 Å². The van der Waals surface area contributed by atoms with Crippen LogP contribution in [0.4, 0.5) is 5.69 Å². The second-order valence-electron chi connectivity index (χ2n) is 5.53. The van der Waals surface area contributed by atoms with Gasteiger partial charge in [0.15, 0.2) is 11.5 Å². The van der Waals surface area contributed by atoms with Gasteiger partial charge >= 0.3 is 0 Å². The minimum Gasteiger partial charge on any atom is -0.485 e. The molecule has 0 aliphatic carbocycles. The van der Waals surface area contributed by atoms with Crippen LogP contribution in [-0.2, 0) is 9.59 Å². The standard InChI is InChI=1S/C18H15N3O6/c22-17(9-8-12-4-3-5-13(10-12)21(24)25)19-20-18(23)16-11-26-14-6-1-2-7-15(14)27-16/h1-10,16H,11H2,(H,19,22)(H,20,23)/b9-8+/t16-/m1/s1. The van der Waals surface area contributed by atoms with E-state index in [-0.39, 0.29) is 12.3 Å². The number of nitrogens with one attached hydrogen (secondary N) is 2. The molecule has 27 heavy (non-hydrogen) atoms. The molecule has 0 saturated carbocycles. The van der Waals surface area contributed by atoms with Gasteiger partial charge in [-0.3, -0.25) is 30.6 Å². The van der Waals surface area contributed by atoms with E-state index in [1.54, 1.807) is 30.3 Å². The highest BCUT2D eigenvalue weighted by Gasteiger charge is 2.27. The van der Waals surface area contributed by atoms with Crippen molar-refractivity contribution in [3.05, 3.63) is 70.3 Å². The Balaban J connectivity index is 1.51. The molecule has 0 unspecified atom stereocenters. The Hall–Kier alpha value is -3.88. The van der Waals surface area contributed by atoms with Crippen LogP contribution in [-0.4, -0.2) is 29.4 Å². The molecule has 1 atom stereocenters.